The van der Waals surface area contributed by atoms with Crippen LogP contribution in [-0.4, -0.2) is 5.97 Å². The van der Waals surface area contributed by atoms with E-state index in [0.717, 1.165) is 18.6 Å². The molecule has 1 heterocycles. The van der Waals surface area contributed by atoms with E-state index in [2.05, 4.69) is 13.0 Å². The molecule has 12 heavy (non-hydrogen) atoms. The van der Waals surface area contributed by atoms with Crippen molar-refractivity contribution in [2.75, 3.05) is 0 Å². The Morgan fingerprint density at radius 2 is 2.25 bits per heavy atom. The summed E-state index contributed by atoms with van der Waals surface area (Å²) in [5.41, 5.74) is 1.17. The summed E-state index contributed by atoms with van der Waals surface area (Å²) in [6.45, 7) is 3.97. The highest BCUT2D eigenvalue weighted by molar-refractivity contribution is 5.73. The van der Waals surface area contributed by atoms with Crippen LogP contribution in [-0.2, 0) is 9.53 Å². The molecule has 1 fully saturated rings. The molecule has 0 unspecified atom stereocenters. The van der Waals surface area contributed by atoms with Gasteiger partial charge in [-0.25, -0.2) is 0 Å². The lowest BCUT2D eigenvalue weighted by atomic mass is 10.0. The lowest BCUT2D eigenvalue weighted by Gasteiger charge is -2.17. The van der Waals surface area contributed by atoms with Gasteiger partial charge in [0.15, 0.2) is 0 Å². The van der Waals surface area contributed by atoms with Crippen molar-refractivity contribution in [3.05, 3.63) is 23.5 Å². The van der Waals surface area contributed by atoms with E-state index in [4.69, 9.17) is 4.74 Å². The molecule has 66 valence electrons. The second-order valence-electron chi connectivity index (χ2n) is 2.76. The summed E-state index contributed by atoms with van der Waals surface area (Å²) in [6, 6.07) is 0. The van der Waals surface area contributed by atoms with E-state index in [1.807, 2.05) is 13.0 Å². The van der Waals surface area contributed by atoms with Gasteiger partial charge in [-0.2, -0.15) is 0 Å². The molecule has 0 aromatic carbocycles. The Morgan fingerprint density at radius 1 is 1.50 bits per heavy atom. The van der Waals surface area contributed by atoms with E-state index in [0.29, 0.717) is 6.42 Å². The van der Waals surface area contributed by atoms with E-state index in [1.165, 1.54) is 5.57 Å². The highest BCUT2D eigenvalue weighted by atomic mass is 16.5. The molecule has 1 rings (SSSR count). The van der Waals surface area contributed by atoms with Gasteiger partial charge in [0.1, 0.15) is 5.76 Å². The van der Waals surface area contributed by atoms with Crippen molar-refractivity contribution in [3.8, 4) is 0 Å². The molecular formula is C10H14O2. The summed E-state index contributed by atoms with van der Waals surface area (Å²) in [7, 11) is 0. The Bertz CT molecular complexity index is 236. The van der Waals surface area contributed by atoms with Gasteiger partial charge >= 0.3 is 5.97 Å². The van der Waals surface area contributed by atoms with Gasteiger partial charge in [0.05, 0.1) is 6.42 Å². The first-order valence-electron chi connectivity index (χ1n) is 4.34. The van der Waals surface area contributed by atoms with Crippen molar-refractivity contribution in [1.82, 2.24) is 0 Å². The fraction of sp³-hybridized carbons (Fsp3) is 0.500. The molecule has 2 heteroatoms. The molecule has 0 bridgehead atoms. The number of cyclic esters (lactones) is 1. The van der Waals surface area contributed by atoms with Crippen LogP contribution in [0.2, 0.25) is 0 Å². The van der Waals surface area contributed by atoms with E-state index in [1.54, 1.807) is 0 Å². The number of carbonyl (C=O) groups is 1. The zero-order valence-corrected chi connectivity index (χ0v) is 7.59. The Morgan fingerprint density at radius 3 is 2.83 bits per heavy atom. The standard InChI is InChI=1S/C10H14O2/c1-3-5-8-6-7-10(11)12-9(8)4-2/h4-5H,3,6-7H2,1-2H3/b8-5-,9-4+. The Balaban J connectivity index is 2.77. The Hall–Kier alpha value is -1.05. The third-order valence-electron chi connectivity index (χ3n) is 1.85. The second kappa shape index (κ2) is 4.10. The van der Waals surface area contributed by atoms with Crippen LogP contribution < -0.4 is 0 Å². The van der Waals surface area contributed by atoms with Gasteiger partial charge in [-0.05, 0) is 31.4 Å². The topological polar surface area (TPSA) is 26.3 Å². The van der Waals surface area contributed by atoms with Gasteiger partial charge in [0.2, 0.25) is 0 Å². The van der Waals surface area contributed by atoms with Crippen LogP contribution in [0.15, 0.2) is 23.5 Å². The lowest BCUT2D eigenvalue weighted by Crippen LogP contribution is -2.12. The molecule has 0 radical (unpaired) electrons. The summed E-state index contributed by atoms with van der Waals surface area (Å²) in [5.74, 6) is 0.629. The highest BCUT2D eigenvalue weighted by Gasteiger charge is 2.17. The molecular weight excluding hydrogens is 152 g/mol. The Labute approximate surface area is 72.9 Å². The maximum atomic E-state index is 10.9. The molecule has 1 saturated heterocycles. The minimum Gasteiger partial charge on any atom is -0.427 e. The van der Waals surface area contributed by atoms with E-state index in [-0.39, 0.29) is 5.97 Å². The molecule has 0 spiro atoms. The molecule has 1 aliphatic rings. The van der Waals surface area contributed by atoms with Gasteiger partial charge in [0, 0.05) is 0 Å². The fourth-order valence-corrected chi connectivity index (χ4v) is 1.29. The van der Waals surface area contributed by atoms with Crippen molar-refractivity contribution >= 4 is 5.97 Å². The van der Waals surface area contributed by atoms with Gasteiger partial charge in [-0.3, -0.25) is 4.79 Å². The first-order chi connectivity index (χ1) is 5.77. The number of hydrogen-bond donors (Lipinski definition) is 0. The minimum atomic E-state index is -0.114. The van der Waals surface area contributed by atoms with Gasteiger partial charge in [0.25, 0.3) is 0 Å². The third kappa shape index (κ3) is 1.97. The number of hydrogen-bond acceptors (Lipinski definition) is 2. The maximum Gasteiger partial charge on any atom is 0.311 e. The first-order valence-corrected chi connectivity index (χ1v) is 4.34. The average Bonchev–Trinajstić information content (AvgIpc) is 2.08. The smallest absolute Gasteiger partial charge is 0.311 e. The zero-order chi connectivity index (χ0) is 8.97. The van der Waals surface area contributed by atoms with Crippen molar-refractivity contribution < 1.29 is 9.53 Å². The van der Waals surface area contributed by atoms with E-state index >= 15 is 0 Å². The number of rotatable bonds is 1. The van der Waals surface area contributed by atoms with Crippen molar-refractivity contribution in [2.45, 2.75) is 33.1 Å². The van der Waals surface area contributed by atoms with Crippen molar-refractivity contribution in [3.63, 3.8) is 0 Å². The number of carbonyl (C=O) groups excluding carboxylic acids is 1. The predicted octanol–water partition coefficient (Wildman–Crippen LogP) is 2.56. The van der Waals surface area contributed by atoms with Crippen LogP contribution in [0.5, 0.6) is 0 Å². The molecule has 0 amide bonds. The summed E-state index contributed by atoms with van der Waals surface area (Å²) in [5, 5.41) is 0. The van der Waals surface area contributed by atoms with Gasteiger partial charge in [-0.15, -0.1) is 0 Å². The fourth-order valence-electron chi connectivity index (χ4n) is 1.29. The van der Waals surface area contributed by atoms with Crippen LogP contribution in [0.4, 0.5) is 0 Å². The van der Waals surface area contributed by atoms with Crippen LogP contribution in [0.25, 0.3) is 0 Å². The average molecular weight is 166 g/mol. The summed E-state index contributed by atoms with van der Waals surface area (Å²) < 4.78 is 5.05. The highest BCUT2D eigenvalue weighted by Crippen LogP contribution is 2.24. The van der Waals surface area contributed by atoms with Crippen LogP contribution in [0, 0.1) is 0 Å². The van der Waals surface area contributed by atoms with Crippen LogP contribution in [0.1, 0.15) is 33.1 Å². The second-order valence-corrected chi connectivity index (χ2v) is 2.76. The predicted molar refractivity (Wildman–Crippen MR) is 47.5 cm³/mol. The van der Waals surface area contributed by atoms with Crippen LogP contribution >= 0.6 is 0 Å². The van der Waals surface area contributed by atoms with Crippen molar-refractivity contribution in [2.24, 2.45) is 0 Å². The number of allylic oxidation sites excluding steroid dienone is 3. The quantitative estimate of drug-likeness (QED) is 0.559. The van der Waals surface area contributed by atoms with E-state index < -0.39 is 0 Å². The molecule has 0 atom stereocenters. The molecule has 1 aliphatic heterocycles. The van der Waals surface area contributed by atoms with Gasteiger partial charge < -0.3 is 4.74 Å². The number of ether oxygens (including phenoxy) is 1. The third-order valence-corrected chi connectivity index (χ3v) is 1.85. The van der Waals surface area contributed by atoms with Gasteiger partial charge in [-0.1, -0.05) is 13.0 Å². The largest absolute Gasteiger partial charge is 0.427 e. The monoisotopic (exact) mass is 166 g/mol. The molecule has 0 N–H and O–H groups in total. The SMILES string of the molecule is C/C=C1/OC(=O)CC/C1=C/CC. The minimum absolute atomic E-state index is 0.114. The number of esters is 1. The summed E-state index contributed by atoms with van der Waals surface area (Å²) in [4.78, 5) is 10.9. The molecule has 2 nitrogen and oxygen atoms in total. The van der Waals surface area contributed by atoms with E-state index in [9.17, 15) is 4.79 Å². The first kappa shape index (κ1) is 9.04. The zero-order valence-electron chi connectivity index (χ0n) is 7.59. The van der Waals surface area contributed by atoms with Crippen LogP contribution in [0.3, 0.4) is 0 Å². The molecule has 0 aromatic rings. The lowest BCUT2D eigenvalue weighted by molar-refractivity contribution is -0.140. The Kier molecular flexibility index (Phi) is 3.09. The van der Waals surface area contributed by atoms with Crippen molar-refractivity contribution in [1.29, 1.82) is 0 Å². The molecule has 0 aliphatic carbocycles. The summed E-state index contributed by atoms with van der Waals surface area (Å²) >= 11 is 0. The normalized spacial score (nSPS) is 24.7. The summed E-state index contributed by atoms with van der Waals surface area (Å²) in [6.07, 6.45) is 6.29. The molecule has 0 saturated carbocycles. The molecule has 0 aromatic heterocycles. The maximum absolute atomic E-state index is 10.9.